The molecule has 0 unspecified atom stereocenters. The number of aliphatic carboxylic acids is 1. The van der Waals surface area contributed by atoms with Gasteiger partial charge in [0.1, 0.15) is 0 Å². The average molecular weight is 382 g/mol. The molecule has 0 rings (SSSR count). The normalized spacial score (nSPS) is 11.1. The average Bonchev–Trinajstić information content (AvgIpc) is 2.65. The smallest absolute Gasteiger partial charge is 0.328 e. The SMILES string of the molecule is C/C=C/C=C/C(=O)O.CCCCCCCCCCCCCCCCCCN. The number of carbonyl (C=O) groups is 1. The molecular weight excluding hydrogens is 334 g/mol. The predicted octanol–water partition coefficient (Wildman–Crippen LogP) is 7.41. The minimum absolute atomic E-state index is 0.873. The first-order valence-corrected chi connectivity index (χ1v) is 11.4. The summed E-state index contributed by atoms with van der Waals surface area (Å²) in [5, 5.41) is 8.02. The molecule has 0 aliphatic carbocycles. The number of hydrogen-bond acceptors (Lipinski definition) is 2. The largest absolute Gasteiger partial charge is 0.478 e. The number of rotatable bonds is 18. The first-order chi connectivity index (χ1) is 13.2. The number of nitrogens with two attached hydrogens (primary N) is 1. The number of unbranched alkanes of at least 4 members (excludes halogenated alkanes) is 15. The number of carboxylic acids is 1. The van der Waals surface area contributed by atoms with Crippen LogP contribution in [-0.2, 0) is 4.79 Å². The van der Waals surface area contributed by atoms with E-state index in [2.05, 4.69) is 6.92 Å². The number of carboxylic acid groups (broad SMARTS) is 1. The molecule has 0 heterocycles. The molecule has 0 aromatic heterocycles. The summed E-state index contributed by atoms with van der Waals surface area (Å²) >= 11 is 0. The lowest BCUT2D eigenvalue weighted by Gasteiger charge is -2.03. The van der Waals surface area contributed by atoms with Crippen molar-refractivity contribution in [2.75, 3.05) is 6.54 Å². The fraction of sp³-hybridized carbons (Fsp3) is 0.792. The van der Waals surface area contributed by atoms with E-state index in [9.17, 15) is 4.79 Å². The quantitative estimate of drug-likeness (QED) is 0.147. The van der Waals surface area contributed by atoms with E-state index in [1.807, 2.05) is 6.92 Å². The van der Waals surface area contributed by atoms with Gasteiger partial charge in [-0.25, -0.2) is 4.79 Å². The Morgan fingerprint density at radius 2 is 1.07 bits per heavy atom. The summed E-state index contributed by atoms with van der Waals surface area (Å²) < 4.78 is 0. The minimum atomic E-state index is -0.914. The Morgan fingerprint density at radius 1 is 0.704 bits per heavy atom. The van der Waals surface area contributed by atoms with Crippen molar-refractivity contribution in [3.63, 3.8) is 0 Å². The molecule has 27 heavy (non-hydrogen) atoms. The van der Waals surface area contributed by atoms with Crippen LogP contribution in [0.4, 0.5) is 0 Å². The molecule has 0 atom stereocenters. The first kappa shape index (κ1) is 28.1. The van der Waals surface area contributed by atoms with Crippen LogP contribution in [0.1, 0.15) is 117 Å². The van der Waals surface area contributed by atoms with Crippen molar-refractivity contribution >= 4 is 5.97 Å². The zero-order valence-electron chi connectivity index (χ0n) is 18.3. The van der Waals surface area contributed by atoms with Crippen LogP contribution in [0.2, 0.25) is 0 Å². The predicted molar refractivity (Wildman–Crippen MR) is 120 cm³/mol. The Morgan fingerprint density at radius 3 is 1.37 bits per heavy atom. The van der Waals surface area contributed by atoms with E-state index in [0.717, 1.165) is 12.6 Å². The molecule has 0 amide bonds. The van der Waals surface area contributed by atoms with Gasteiger partial charge in [-0.1, -0.05) is 121 Å². The molecule has 0 saturated heterocycles. The summed E-state index contributed by atoms with van der Waals surface area (Å²) in [6.07, 6.45) is 28.8. The lowest BCUT2D eigenvalue weighted by Crippen LogP contribution is -1.97. The van der Waals surface area contributed by atoms with Gasteiger partial charge in [-0.3, -0.25) is 0 Å². The Balaban J connectivity index is 0. The van der Waals surface area contributed by atoms with Crippen LogP contribution < -0.4 is 5.73 Å². The van der Waals surface area contributed by atoms with E-state index in [1.165, 1.54) is 109 Å². The third-order valence-corrected chi connectivity index (χ3v) is 4.60. The lowest BCUT2D eigenvalue weighted by atomic mass is 10.0. The fourth-order valence-electron chi connectivity index (χ4n) is 2.94. The second kappa shape index (κ2) is 27.1. The summed E-state index contributed by atoms with van der Waals surface area (Å²) in [5.74, 6) is -0.914. The van der Waals surface area contributed by atoms with E-state index in [0.29, 0.717) is 0 Å². The Bertz CT molecular complexity index is 321. The van der Waals surface area contributed by atoms with Crippen molar-refractivity contribution in [2.24, 2.45) is 5.73 Å². The highest BCUT2D eigenvalue weighted by molar-refractivity contribution is 5.80. The van der Waals surface area contributed by atoms with Gasteiger partial charge in [0.05, 0.1) is 0 Å². The molecule has 3 heteroatoms. The van der Waals surface area contributed by atoms with Crippen LogP contribution in [0.25, 0.3) is 0 Å². The molecule has 0 aromatic rings. The summed E-state index contributed by atoms with van der Waals surface area (Å²) in [5.41, 5.74) is 5.48. The van der Waals surface area contributed by atoms with E-state index in [1.54, 1.807) is 12.2 Å². The first-order valence-electron chi connectivity index (χ1n) is 11.4. The van der Waals surface area contributed by atoms with Crippen molar-refractivity contribution < 1.29 is 9.90 Å². The Labute approximate surface area is 169 Å². The maximum absolute atomic E-state index is 9.75. The van der Waals surface area contributed by atoms with Gasteiger partial charge in [0.25, 0.3) is 0 Å². The van der Waals surface area contributed by atoms with Gasteiger partial charge in [-0.05, 0) is 19.9 Å². The van der Waals surface area contributed by atoms with E-state index >= 15 is 0 Å². The van der Waals surface area contributed by atoms with Crippen molar-refractivity contribution in [3.8, 4) is 0 Å². The van der Waals surface area contributed by atoms with Crippen LogP contribution in [0.5, 0.6) is 0 Å². The second-order valence-electron chi connectivity index (χ2n) is 7.32. The third-order valence-electron chi connectivity index (χ3n) is 4.60. The zero-order chi connectivity index (χ0) is 20.4. The summed E-state index contributed by atoms with van der Waals surface area (Å²) in [4.78, 5) is 9.75. The molecule has 0 saturated carbocycles. The molecule has 0 bridgehead atoms. The van der Waals surface area contributed by atoms with Crippen molar-refractivity contribution in [2.45, 2.75) is 117 Å². The molecule has 0 aliphatic rings. The third kappa shape index (κ3) is 33.0. The molecule has 0 aromatic carbocycles. The second-order valence-corrected chi connectivity index (χ2v) is 7.32. The van der Waals surface area contributed by atoms with Gasteiger partial charge in [-0.2, -0.15) is 0 Å². The van der Waals surface area contributed by atoms with Gasteiger partial charge in [0.15, 0.2) is 0 Å². The van der Waals surface area contributed by atoms with E-state index < -0.39 is 5.97 Å². The van der Waals surface area contributed by atoms with Crippen LogP contribution >= 0.6 is 0 Å². The molecule has 3 N–H and O–H groups in total. The van der Waals surface area contributed by atoms with Crippen LogP contribution in [0.15, 0.2) is 24.3 Å². The summed E-state index contributed by atoms with van der Waals surface area (Å²) in [6.45, 7) is 4.99. The van der Waals surface area contributed by atoms with E-state index in [-0.39, 0.29) is 0 Å². The van der Waals surface area contributed by atoms with Crippen LogP contribution in [-0.4, -0.2) is 17.6 Å². The van der Waals surface area contributed by atoms with Gasteiger partial charge in [0, 0.05) is 6.08 Å². The molecule has 0 aliphatic heterocycles. The maximum atomic E-state index is 9.75. The van der Waals surface area contributed by atoms with Gasteiger partial charge >= 0.3 is 5.97 Å². The fourth-order valence-corrected chi connectivity index (χ4v) is 2.94. The minimum Gasteiger partial charge on any atom is -0.478 e. The summed E-state index contributed by atoms with van der Waals surface area (Å²) in [6, 6.07) is 0. The molecule has 0 radical (unpaired) electrons. The number of hydrogen-bond donors (Lipinski definition) is 2. The molecule has 0 spiro atoms. The molecule has 0 fully saturated rings. The van der Waals surface area contributed by atoms with Crippen molar-refractivity contribution in [1.82, 2.24) is 0 Å². The standard InChI is InChI=1S/C18H39N.C6H8O2/c1-2-3-4-5-6-7-8-9-10-11-12-13-14-15-16-17-18-19;1-2-3-4-5-6(7)8/h2-19H2,1H3;2-5H,1H3,(H,7,8)/b;3-2+,5-4+. The van der Waals surface area contributed by atoms with Crippen LogP contribution in [0, 0.1) is 0 Å². The van der Waals surface area contributed by atoms with E-state index in [4.69, 9.17) is 10.8 Å². The Kier molecular flexibility index (Phi) is 28.3. The highest BCUT2D eigenvalue weighted by atomic mass is 16.4. The summed E-state index contributed by atoms with van der Waals surface area (Å²) in [7, 11) is 0. The molecular formula is C24H47NO2. The molecule has 160 valence electrons. The van der Waals surface area contributed by atoms with Crippen LogP contribution in [0.3, 0.4) is 0 Å². The zero-order valence-corrected chi connectivity index (χ0v) is 18.3. The van der Waals surface area contributed by atoms with Crippen molar-refractivity contribution in [3.05, 3.63) is 24.3 Å². The Hall–Kier alpha value is -1.09. The monoisotopic (exact) mass is 381 g/mol. The van der Waals surface area contributed by atoms with Crippen molar-refractivity contribution in [1.29, 1.82) is 0 Å². The highest BCUT2D eigenvalue weighted by Gasteiger charge is 1.94. The highest BCUT2D eigenvalue weighted by Crippen LogP contribution is 2.13. The van der Waals surface area contributed by atoms with Gasteiger partial charge in [0.2, 0.25) is 0 Å². The lowest BCUT2D eigenvalue weighted by molar-refractivity contribution is -0.131. The topological polar surface area (TPSA) is 63.3 Å². The molecule has 3 nitrogen and oxygen atoms in total. The van der Waals surface area contributed by atoms with Gasteiger partial charge in [-0.15, -0.1) is 0 Å². The number of allylic oxidation sites excluding steroid dienone is 3. The maximum Gasteiger partial charge on any atom is 0.328 e. The van der Waals surface area contributed by atoms with Gasteiger partial charge < -0.3 is 10.8 Å².